The lowest BCUT2D eigenvalue weighted by Gasteiger charge is -2.24. The Kier molecular flexibility index (Phi) is 7.30. The Morgan fingerprint density at radius 2 is 1.81 bits per heavy atom. The van der Waals surface area contributed by atoms with Gasteiger partial charge in [-0.25, -0.2) is 4.39 Å². The normalized spacial score (nSPS) is 14.9. The molecular formula is C30H30FN3O3. The van der Waals surface area contributed by atoms with Crippen LogP contribution in [0.3, 0.4) is 0 Å². The van der Waals surface area contributed by atoms with Gasteiger partial charge in [-0.2, -0.15) is 0 Å². The number of halogens is 1. The van der Waals surface area contributed by atoms with Gasteiger partial charge in [0, 0.05) is 54.2 Å². The zero-order valence-corrected chi connectivity index (χ0v) is 20.6. The first-order valence-electron chi connectivity index (χ1n) is 12.8. The van der Waals surface area contributed by atoms with E-state index in [1.807, 2.05) is 42.6 Å². The SMILES string of the molecule is O=C(CC(c1cccc(F)c1)c1cn(Cc2ccccc2)c2ccc([N+](=O)[O-])cc12)NC1CCCCC1. The van der Waals surface area contributed by atoms with Crippen molar-refractivity contribution in [1.82, 2.24) is 9.88 Å². The van der Waals surface area contributed by atoms with E-state index >= 15 is 0 Å². The molecule has 1 saturated carbocycles. The summed E-state index contributed by atoms with van der Waals surface area (Å²) in [6.45, 7) is 0.569. The predicted octanol–water partition coefficient (Wildman–Crippen LogP) is 6.71. The monoisotopic (exact) mass is 499 g/mol. The molecule has 1 N–H and O–H groups in total. The summed E-state index contributed by atoms with van der Waals surface area (Å²) in [5.74, 6) is -0.925. The van der Waals surface area contributed by atoms with Crippen molar-refractivity contribution in [3.05, 3.63) is 112 Å². The van der Waals surface area contributed by atoms with Crippen LogP contribution in [0.15, 0.2) is 79.0 Å². The van der Waals surface area contributed by atoms with Crippen molar-refractivity contribution in [3.8, 4) is 0 Å². The molecule has 0 radical (unpaired) electrons. The average Bonchev–Trinajstić information content (AvgIpc) is 3.25. The Balaban J connectivity index is 1.58. The van der Waals surface area contributed by atoms with Crippen LogP contribution < -0.4 is 5.32 Å². The number of carbonyl (C=O) groups excluding carboxylic acids is 1. The number of fused-ring (bicyclic) bond motifs is 1. The minimum Gasteiger partial charge on any atom is -0.353 e. The molecule has 1 heterocycles. The lowest BCUT2D eigenvalue weighted by atomic mass is 9.87. The van der Waals surface area contributed by atoms with Crippen LogP contribution in [-0.2, 0) is 11.3 Å². The maximum Gasteiger partial charge on any atom is 0.270 e. The van der Waals surface area contributed by atoms with E-state index in [4.69, 9.17) is 0 Å². The Morgan fingerprint density at radius 1 is 1.03 bits per heavy atom. The van der Waals surface area contributed by atoms with Gasteiger partial charge in [0.15, 0.2) is 0 Å². The van der Waals surface area contributed by atoms with E-state index in [9.17, 15) is 19.3 Å². The number of nitro benzene ring substituents is 1. The summed E-state index contributed by atoms with van der Waals surface area (Å²) in [5, 5.41) is 15.5. The molecule has 1 fully saturated rings. The van der Waals surface area contributed by atoms with Crippen molar-refractivity contribution in [3.63, 3.8) is 0 Å². The number of nitro groups is 1. The smallest absolute Gasteiger partial charge is 0.270 e. The minimum atomic E-state index is -0.458. The standard InChI is InChI=1S/C30H30FN3O3/c31-23-11-7-10-22(16-23)26(18-30(35)32-24-12-5-2-6-13-24)28-20-33(19-21-8-3-1-4-9-21)29-15-14-25(34(36)37)17-27(28)29/h1,3-4,7-11,14-17,20,24,26H,2,5-6,12-13,18-19H2,(H,32,35). The third-order valence-corrected chi connectivity index (χ3v) is 7.29. The number of aromatic nitrogens is 1. The van der Waals surface area contributed by atoms with Crippen molar-refractivity contribution in [2.75, 3.05) is 0 Å². The van der Waals surface area contributed by atoms with Gasteiger partial charge in [0.2, 0.25) is 5.91 Å². The molecule has 1 atom stereocenters. The highest BCUT2D eigenvalue weighted by Gasteiger charge is 2.26. The lowest BCUT2D eigenvalue weighted by molar-refractivity contribution is -0.384. The summed E-state index contributed by atoms with van der Waals surface area (Å²) in [5.41, 5.74) is 3.35. The van der Waals surface area contributed by atoms with Crippen molar-refractivity contribution in [2.24, 2.45) is 0 Å². The van der Waals surface area contributed by atoms with E-state index in [1.54, 1.807) is 18.2 Å². The molecule has 37 heavy (non-hydrogen) atoms. The highest BCUT2D eigenvalue weighted by atomic mass is 19.1. The summed E-state index contributed by atoms with van der Waals surface area (Å²) < 4.78 is 16.4. The van der Waals surface area contributed by atoms with E-state index in [2.05, 4.69) is 9.88 Å². The van der Waals surface area contributed by atoms with Crippen LogP contribution in [0.2, 0.25) is 0 Å². The molecule has 0 saturated heterocycles. The zero-order valence-electron chi connectivity index (χ0n) is 20.6. The van der Waals surface area contributed by atoms with Crippen LogP contribution in [0.25, 0.3) is 10.9 Å². The topological polar surface area (TPSA) is 77.2 Å². The first-order chi connectivity index (χ1) is 18.0. The Morgan fingerprint density at radius 3 is 2.54 bits per heavy atom. The van der Waals surface area contributed by atoms with Crippen LogP contribution in [-0.4, -0.2) is 21.4 Å². The van der Waals surface area contributed by atoms with Crippen molar-refractivity contribution < 1.29 is 14.1 Å². The van der Waals surface area contributed by atoms with Gasteiger partial charge in [0.05, 0.1) is 4.92 Å². The molecule has 0 bridgehead atoms. The molecule has 5 rings (SSSR count). The van der Waals surface area contributed by atoms with E-state index in [0.717, 1.165) is 42.3 Å². The molecule has 1 aliphatic carbocycles. The number of nitrogens with one attached hydrogen (secondary N) is 1. The van der Waals surface area contributed by atoms with Crippen molar-refractivity contribution in [2.45, 2.75) is 57.0 Å². The van der Waals surface area contributed by atoms with Gasteiger partial charge in [-0.15, -0.1) is 0 Å². The van der Waals surface area contributed by atoms with Crippen LogP contribution in [0, 0.1) is 15.9 Å². The van der Waals surface area contributed by atoms with Crippen molar-refractivity contribution in [1.29, 1.82) is 0 Å². The molecule has 1 aromatic heterocycles. The number of amides is 1. The predicted molar refractivity (Wildman–Crippen MR) is 142 cm³/mol. The van der Waals surface area contributed by atoms with Crippen LogP contribution in [0.1, 0.15) is 61.1 Å². The Hall–Kier alpha value is -4.00. The molecule has 6 nitrogen and oxygen atoms in total. The Labute approximate surface area is 215 Å². The fourth-order valence-corrected chi connectivity index (χ4v) is 5.46. The second-order valence-corrected chi connectivity index (χ2v) is 9.87. The van der Waals surface area contributed by atoms with E-state index in [1.165, 1.54) is 24.6 Å². The van der Waals surface area contributed by atoms with Gasteiger partial charge >= 0.3 is 0 Å². The zero-order chi connectivity index (χ0) is 25.8. The summed E-state index contributed by atoms with van der Waals surface area (Å²) >= 11 is 0. The van der Waals surface area contributed by atoms with Crippen LogP contribution in [0.4, 0.5) is 10.1 Å². The minimum absolute atomic E-state index is 0.0177. The third-order valence-electron chi connectivity index (χ3n) is 7.29. The number of rotatable bonds is 8. The summed E-state index contributed by atoms with van der Waals surface area (Å²) in [4.78, 5) is 24.5. The molecule has 4 aromatic rings. The largest absolute Gasteiger partial charge is 0.353 e. The van der Waals surface area contributed by atoms with Gasteiger partial charge in [-0.3, -0.25) is 14.9 Å². The van der Waals surface area contributed by atoms with Gasteiger partial charge in [-0.1, -0.05) is 61.7 Å². The molecule has 0 spiro atoms. The van der Waals surface area contributed by atoms with E-state index < -0.39 is 10.8 Å². The number of benzene rings is 3. The molecule has 1 amide bonds. The maximum atomic E-state index is 14.3. The number of carbonyl (C=O) groups is 1. The molecule has 1 aliphatic rings. The lowest BCUT2D eigenvalue weighted by Crippen LogP contribution is -2.36. The van der Waals surface area contributed by atoms with Crippen LogP contribution >= 0.6 is 0 Å². The quantitative estimate of drug-likeness (QED) is 0.216. The number of nitrogens with zero attached hydrogens (tertiary/aromatic N) is 2. The second-order valence-electron chi connectivity index (χ2n) is 9.87. The second kappa shape index (κ2) is 10.9. The Bertz CT molecular complexity index is 1410. The average molecular weight is 500 g/mol. The number of hydrogen-bond acceptors (Lipinski definition) is 3. The van der Waals surface area contributed by atoms with Gasteiger partial charge in [-0.05, 0) is 47.7 Å². The summed E-state index contributed by atoms with van der Waals surface area (Å²) in [7, 11) is 0. The van der Waals surface area contributed by atoms with E-state index in [0.29, 0.717) is 17.5 Å². The number of non-ortho nitro benzene ring substituents is 1. The third kappa shape index (κ3) is 5.71. The van der Waals surface area contributed by atoms with Crippen LogP contribution in [0.5, 0.6) is 0 Å². The van der Waals surface area contributed by atoms with Crippen molar-refractivity contribution >= 4 is 22.5 Å². The molecule has 7 heteroatoms. The molecule has 1 unspecified atom stereocenters. The van der Waals surface area contributed by atoms with Gasteiger partial charge in [0.25, 0.3) is 5.69 Å². The van der Waals surface area contributed by atoms with Gasteiger partial charge < -0.3 is 9.88 Å². The first-order valence-corrected chi connectivity index (χ1v) is 12.8. The molecule has 190 valence electrons. The van der Waals surface area contributed by atoms with Gasteiger partial charge in [0.1, 0.15) is 5.82 Å². The fourth-order valence-electron chi connectivity index (χ4n) is 5.46. The first kappa shape index (κ1) is 24.7. The molecule has 0 aliphatic heterocycles. The summed E-state index contributed by atoms with van der Waals surface area (Å²) in [6, 6.07) is 21.2. The number of hydrogen-bond donors (Lipinski definition) is 1. The maximum absolute atomic E-state index is 14.3. The van der Waals surface area contributed by atoms with E-state index in [-0.39, 0.29) is 29.9 Å². The molecule has 3 aromatic carbocycles. The molecular weight excluding hydrogens is 469 g/mol. The highest BCUT2D eigenvalue weighted by Crippen LogP contribution is 2.37. The summed E-state index contributed by atoms with van der Waals surface area (Å²) in [6.07, 6.45) is 7.44. The highest BCUT2D eigenvalue weighted by molar-refractivity contribution is 5.88. The fraction of sp³-hybridized carbons (Fsp3) is 0.300.